The van der Waals surface area contributed by atoms with E-state index in [-0.39, 0.29) is 23.1 Å². The van der Waals surface area contributed by atoms with E-state index in [2.05, 4.69) is 49.8 Å². The van der Waals surface area contributed by atoms with Gasteiger partial charge in [-0.25, -0.2) is 4.68 Å². The molecule has 5 N–H and O–H groups in total. The van der Waals surface area contributed by atoms with Crippen LogP contribution in [0, 0.1) is 0 Å². The van der Waals surface area contributed by atoms with Crippen molar-refractivity contribution in [1.82, 2.24) is 35.1 Å². The Labute approximate surface area is 189 Å². The van der Waals surface area contributed by atoms with Gasteiger partial charge in [-0.1, -0.05) is 0 Å². The number of nitrogen functional groups attached to an aromatic ring is 1. The van der Waals surface area contributed by atoms with E-state index in [9.17, 15) is 4.79 Å². The van der Waals surface area contributed by atoms with Gasteiger partial charge in [0.25, 0.3) is 5.91 Å². The summed E-state index contributed by atoms with van der Waals surface area (Å²) < 4.78 is 1.70. The summed E-state index contributed by atoms with van der Waals surface area (Å²) in [4.78, 5) is 20.5. The molecule has 3 atom stereocenters. The summed E-state index contributed by atoms with van der Waals surface area (Å²) in [6.45, 7) is 9.30. The number of piperazine rings is 1. The van der Waals surface area contributed by atoms with E-state index in [1.54, 1.807) is 4.68 Å². The van der Waals surface area contributed by atoms with Gasteiger partial charge in [-0.15, -0.1) is 11.6 Å². The number of nitrogens with zero attached hydrogens (tertiary/aromatic N) is 5. The van der Waals surface area contributed by atoms with Crippen LogP contribution in [-0.2, 0) is 6.54 Å². The summed E-state index contributed by atoms with van der Waals surface area (Å²) in [6.07, 6.45) is 1.02. The molecule has 0 spiro atoms. The number of fused-ring (bicyclic) bond motifs is 1. The van der Waals surface area contributed by atoms with Crippen LogP contribution in [0.25, 0.3) is 0 Å². The largest absolute Gasteiger partial charge is 0.381 e. The topological polar surface area (TPSA) is 107 Å². The molecule has 4 rings (SSSR count). The van der Waals surface area contributed by atoms with Crippen molar-refractivity contribution in [2.24, 2.45) is 0 Å². The number of hydrogen-bond donors (Lipinski definition) is 4. The fraction of sp³-hybridized carbons (Fsp3) is 0.800. The first-order valence-corrected chi connectivity index (χ1v) is 11.7. The Bertz CT molecular complexity index is 762. The average molecular weight is 454 g/mol. The van der Waals surface area contributed by atoms with Crippen LogP contribution in [-0.4, -0.2) is 121 Å². The molecule has 31 heavy (non-hydrogen) atoms. The molecule has 174 valence electrons. The molecule has 0 bridgehead atoms. The number of amides is 1. The maximum Gasteiger partial charge on any atom is 0.259 e. The van der Waals surface area contributed by atoms with Crippen molar-refractivity contribution < 1.29 is 4.79 Å². The van der Waals surface area contributed by atoms with Crippen LogP contribution in [0.5, 0.6) is 0 Å². The maximum absolute atomic E-state index is 13.2. The molecule has 2 fully saturated rings. The van der Waals surface area contributed by atoms with Gasteiger partial charge in [0.15, 0.2) is 5.82 Å². The number of nitrogens with one attached hydrogen (secondary N) is 3. The van der Waals surface area contributed by atoms with E-state index in [0.29, 0.717) is 30.5 Å². The fourth-order valence-electron chi connectivity index (χ4n) is 4.81. The second-order valence-electron chi connectivity index (χ2n) is 9.09. The van der Waals surface area contributed by atoms with E-state index in [1.165, 1.54) is 0 Å². The van der Waals surface area contributed by atoms with Crippen LogP contribution < -0.4 is 21.7 Å². The third-order valence-electron chi connectivity index (χ3n) is 6.57. The van der Waals surface area contributed by atoms with Crippen molar-refractivity contribution in [3.8, 4) is 0 Å². The monoisotopic (exact) mass is 453 g/mol. The van der Waals surface area contributed by atoms with E-state index in [0.717, 1.165) is 58.8 Å². The smallest absolute Gasteiger partial charge is 0.259 e. The summed E-state index contributed by atoms with van der Waals surface area (Å²) in [7, 11) is 4.24. The van der Waals surface area contributed by atoms with Gasteiger partial charge in [0.1, 0.15) is 11.4 Å². The minimum absolute atomic E-state index is 0.0360. The Kier molecular flexibility index (Phi) is 7.22. The highest BCUT2D eigenvalue weighted by Crippen LogP contribution is 2.27. The second-order valence-corrected chi connectivity index (χ2v) is 9.71. The molecule has 3 aliphatic rings. The number of piperidine rings is 1. The lowest BCUT2D eigenvalue weighted by Crippen LogP contribution is -2.62. The second kappa shape index (κ2) is 9.91. The van der Waals surface area contributed by atoms with Crippen LogP contribution in [0.3, 0.4) is 0 Å². The van der Waals surface area contributed by atoms with Crippen LogP contribution >= 0.6 is 11.6 Å². The van der Waals surface area contributed by atoms with Crippen molar-refractivity contribution in [2.75, 3.05) is 84.0 Å². The number of aromatic nitrogens is 2. The standard InChI is InChI=1S/C20H36ClN9O/c1-27(2)5-6-28-7-9-29(10-8-28)16-3-4-23-12-15(16)25-20(31)17-18(22)26-30-13-14(21)11-24-19(17)30/h14-16,23-24H,3-13H2,1-2H3,(H2,22,26)(H,25,31). The van der Waals surface area contributed by atoms with Crippen molar-refractivity contribution in [1.29, 1.82) is 0 Å². The fourth-order valence-corrected chi connectivity index (χ4v) is 5.01. The summed E-state index contributed by atoms with van der Waals surface area (Å²) >= 11 is 6.21. The molecule has 0 radical (unpaired) electrons. The normalized spacial score (nSPS) is 27.7. The van der Waals surface area contributed by atoms with Gasteiger partial charge >= 0.3 is 0 Å². The quantitative estimate of drug-likeness (QED) is 0.412. The zero-order valence-electron chi connectivity index (χ0n) is 18.6. The van der Waals surface area contributed by atoms with Crippen LogP contribution in [0.4, 0.5) is 11.6 Å². The van der Waals surface area contributed by atoms with Crippen molar-refractivity contribution in [3.63, 3.8) is 0 Å². The molecular weight excluding hydrogens is 418 g/mol. The number of carbonyl (C=O) groups is 1. The number of carbonyl (C=O) groups excluding carboxylic acids is 1. The Morgan fingerprint density at radius 3 is 2.81 bits per heavy atom. The lowest BCUT2D eigenvalue weighted by Gasteiger charge is -2.44. The van der Waals surface area contributed by atoms with E-state index >= 15 is 0 Å². The zero-order valence-corrected chi connectivity index (χ0v) is 19.4. The van der Waals surface area contributed by atoms with Gasteiger partial charge in [0.05, 0.1) is 18.0 Å². The SMILES string of the molecule is CN(C)CCN1CCN(C2CCNCC2NC(=O)c2c(N)nn3c2NCC(Cl)C3)CC1. The summed E-state index contributed by atoms with van der Waals surface area (Å²) in [6, 6.07) is 0.364. The molecule has 0 aliphatic carbocycles. The van der Waals surface area contributed by atoms with Gasteiger partial charge in [0.2, 0.25) is 0 Å². The van der Waals surface area contributed by atoms with E-state index < -0.39 is 0 Å². The number of rotatable bonds is 6. The third kappa shape index (κ3) is 5.25. The molecule has 0 aromatic carbocycles. The van der Waals surface area contributed by atoms with Crippen molar-refractivity contribution in [2.45, 2.75) is 30.4 Å². The Morgan fingerprint density at radius 2 is 2.06 bits per heavy atom. The highest BCUT2D eigenvalue weighted by Gasteiger charge is 2.35. The molecule has 0 saturated carbocycles. The number of halogens is 1. The number of anilines is 2. The molecule has 11 heteroatoms. The molecule has 2 saturated heterocycles. The number of alkyl halides is 1. The Balaban J connectivity index is 1.38. The Hall–Kier alpha value is -1.59. The van der Waals surface area contributed by atoms with Crippen LogP contribution in [0.15, 0.2) is 0 Å². The molecule has 10 nitrogen and oxygen atoms in total. The predicted octanol–water partition coefficient (Wildman–Crippen LogP) is -0.862. The minimum Gasteiger partial charge on any atom is -0.381 e. The lowest BCUT2D eigenvalue weighted by atomic mass is 9.97. The van der Waals surface area contributed by atoms with Crippen LogP contribution in [0.1, 0.15) is 16.8 Å². The van der Waals surface area contributed by atoms with Gasteiger partial charge in [-0.2, -0.15) is 5.10 Å². The van der Waals surface area contributed by atoms with Gasteiger partial charge in [0, 0.05) is 58.4 Å². The Morgan fingerprint density at radius 1 is 1.29 bits per heavy atom. The molecular formula is C20H36ClN9O. The predicted molar refractivity (Wildman–Crippen MR) is 124 cm³/mol. The van der Waals surface area contributed by atoms with Crippen LogP contribution in [0.2, 0.25) is 0 Å². The molecule has 3 aliphatic heterocycles. The van der Waals surface area contributed by atoms with Crippen molar-refractivity contribution >= 4 is 29.1 Å². The van der Waals surface area contributed by atoms with Gasteiger partial charge in [-0.3, -0.25) is 14.6 Å². The summed E-state index contributed by atoms with van der Waals surface area (Å²) in [5.74, 6) is 0.755. The molecule has 3 unspecified atom stereocenters. The zero-order chi connectivity index (χ0) is 22.0. The van der Waals surface area contributed by atoms with Gasteiger partial charge < -0.3 is 26.6 Å². The number of hydrogen-bond acceptors (Lipinski definition) is 8. The van der Waals surface area contributed by atoms with E-state index in [1.807, 2.05) is 0 Å². The first kappa shape index (κ1) is 22.6. The number of likely N-dealkylation sites (N-methyl/N-ethyl adjacent to an activating group) is 1. The molecule has 1 aromatic rings. The first-order valence-electron chi connectivity index (χ1n) is 11.3. The minimum atomic E-state index is -0.164. The summed E-state index contributed by atoms with van der Waals surface area (Å²) in [5, 5.41) is 14.2. The number of nitrogens with two attached hydrogens (primary N) is 1. The summed E-state index contributed by atoms with van der Waals surface area (Å²) in [5.41, 5.74) is 6.54. The first-order chi connectivity index (χ1) is 14.9. The maximum atomic E-state index is 13.2. The lowest BCUT2D eigenvalue weighted by molar-refractivity contribution is 0.0587. The van der Waals surface area contributed by atoms with Gasteiger partial charge in [-0.05, 0) is 27.1 Å². The molecule has 1 aromatic heterocycles. The highest BCUT2D eigenvalue weighted by atomic mass is 35.5. The third-order valence-corrected chi connectivity index (χ3v) is 6.86. The van der Waals surface area contributed by atoms with E-state index in [4.69, 9.17) is 17.3 Å². The molecule has 1 amide bonds. The highest BCUT2D eigenvalue weighted by molar-refractivity contribution is 6.21. The average Bonchev–Trinajstić information content (AvgIpc) is 3.08. The molecule has 4 heterocycles. The van der Waals surface area contributed by atoms with Crippen molar-refractivity contribution in [3.05, 3.63) is 5.56 Å².